The average Bonchev–Trinajstić information content (AvgIpc) is 2.99. The largest absolute Gasteiger partial charge is 0.323 e. The van der Waals surface area contributed by atoms with Crippen LogP contribution in [0.3, 0.4) is 0 Å². The third-order valence-electron chi connectivity index (χ3n) is 4.57. The minimum atomic E-state index is -0.368. The summed E-state index contributed by atoms with van der Waals surface area (Å²) >= 11 is 0. The van der Waals surface area contributed by atoms with Gasteiger partial charge in [-0.25, -0.2) is 9.37 Å². The van der Waals surface area contributed by atoms with E-state index in [-0.39, 0.29) is 11.7 Å². The highest BCUT2D eigenvalue weighted by molar-refractivity contribution is 6.04. The van der Waals surface area contributed by atoms with E-state index in [0.717, 1.165) is 12.2 Å². The lowest BCUT2D eigenvalue weighted by molar-refractivity contribution is 0.102. The Morgan fingerprint density at radius 1 is 1.12 bits per heavy atom. The number of nitrogens with one attached hydrogen (secondary N) is 1. The summed E-state index contributed by atoms with van der Waals surface area (Å²) in [5.41, 5.74) is 3.49. The molecule has 1 N–H and O–H groups in total. The molecule has 0 saturated heterocycles. The van der Waals surface area contributed by atoms with Gasteiger partial charge >= 0.3 is 0 Å². The van der Waals surface area contributed by atoms with Crippen LogP contribution < -0.4 is 10.2 Å². The summed E-state index contributed by atoms with van der Waals surface area (Å²) in [6.45, 7) is 2.17. The summed E-state index contributed by atoms with van der Waals surface area (Å²) in [5, 5.41) is 2.78. The van der Waals surface area contributed by atoms with Gasteiger partial charge in [-0.3, -0.25) is 4.79 Å². The first-order valence-electron chi connectivity index (χ1n) is 8.52. The Hall–Kier alpha value is -3.21. The molecule has 1 aliphatic rings. The van der Waals surface area contributed by atoms with Crippen LogP contribution in [0.2, 0.25) is 0 Å². The van der Waals surface area contributed by atoms with Gasteiger partial charge in [-0.15, -0.1) is 0 Å². The van der Waals surface area contributed by atoms with E-state index in [1.807, 2.05) is 18.2 Å². The number of amides is 1. The molecular weight excluding hydrogens is 329 g/mol. The maximum atomic E-state index is 13.0. The number of hydrogen-bond acceptors (Lipinski definition) is 3. The molecule has 1 aliphatic heterocycles. The van der Waals surface area contributed by atoms with Crippen molar-refractivity contribution in [1.29, 1.82) is 0 Å². The number of pyridine rings is 1. The fourth-order valence-electron chi connectivity index (χ4n) is 3.32. The van der Waals surface area contributed by atoms with Crippen LogP contribution >= 0.6 is 0 Å². The summed E-state index contributed by atoms with van der Waals surface area (Å²) in [7, 11) is 0. The van der Waals surface area contributed by atoms with Crippen molar-refractivity contribution >= 4 is 23.1 Å². The number of carbonyl (C=O) groups excluding carboxylic acids is 1. The van der Waals surface area contributed by atoms with E-state index in [9.17, 15) is 9.18 Å². The van der Waals surface area contributed by atoms with Gasteiger partial charge in [-0.1, -0.05) is 18.2 Å². The van der Waals surface area contributed by atoms with E-state index in [1.165, 1.54) is 35.5 Å². The number of hydrogen-bond donors (Lipinski definition) is 1. The third-order valence-corrected chi connectivity index (χ3v) is 4.57. The molecule has 0 saturated carbocycles. The van der Waals surface area contributed by atoms with Gasteiger partial charge in [0, 0.05) is 17.3 Å². The van der Waals surface area contributed by atoms with E-state index < -0.39 is 0 Å². The number of aromatic nitrogens is 1. The highest BCUT2D eigenvalue weighted by atomic mass is 19.1. The molecule has 4 nitrogen and oxygen atoms in total. The fraction of sp³-hybridized carbons (Fsp3) is 0.143. The zero-order valence-corrected chi connectivity index (χ0v) is 14.3. The molecule has 0 bridgehead atoms. The summed E-state index contributed by atoms with van der Waals surface area (Å²) in [6.07, 6.45) is 2.63. The predicted octanol–water partition coefficient (Wildman–Crippen LogP) is 4.56. The summed E-state index contributed by atoms with van der Waals surface area (Å²) in [4.78, 5) is 18.9. The Kier molecular flexibility index (Phi) is 4.13. The zero-order chi connectivity index (χ0) is 18.1. The van der Waals surface area contributed by atoms with Crippen molar-refractivity contribution in [2.24, 2.45) is 0 Å². The van der Waals surface area contributed by atoms with Crippen LogP contribution in [0.5, 0.6) is 0 Å². The van der Waals surface area contributed by atoms with Gasteiger partial charge in [-0.2, -0.15) is 0 Å². The SMILES string of the molecule is CC1Cc2ccccc2N1c1ccc(NC(=O)c2ccc(F)cc2)cn1. The van der Waals surface area contributed by atoms with Gasteiger partial charge in [-0.05, 0) is 61.4 Å². The second-order valence-electron chi connectivity index (χ2n) is 6.42. The van der Waals surface area contributed by atoms with E-state index in [2.05, 4.69) is 40.3 Å². The van der Waals surface area contributed by atoms with E-state index in [0.29, 0.717) is 17.3 Å². The van der Waals surface area contributed by atoms with E-state index >= 15 is 0 Å². The van der Waals surface area contributed by atoms with Crippen molar-refractivity contribution in [3.05, 3.63) is 83.8 Å². The lowest BCUT2D eigenvalue weighted by atomic mass is 10.1. The second-order valence-corrected chi connectivity index (χ2v) is 6.42. The van der Waals surface area contributed by atoms with Crippen LogP contribution in [-0.2, 0) is 6.42 Å². The molecule has 1 atom stereocenters. The molecule has 2 heterocycles. The molecule has 5 heteroatoms. The number of fused-ring (bicyclic) bond motifs is 1. The molecule has 4 rings (SSSR count). The number of anilines is 3. The smallest absolute Gasteiger partial charge is 0.255 e. The molecule has 1 amide bonds. The molecule has 0 radical (unpaired) electrons. The van der Waals surface area contributed by atoms with Crippen molar-refractivity contribution in [2.45, 2.75) is 19.4 Å². The normalized spacial score (nSPS) is 15.6. The predicted molar refractivity (Wildman–Crippen MR) is 100 cm³/mol. The zero-order valence-electron chi connectivity index (χ0n) is 14.3. The standard InChI is InChI=1S/C21H18FN3O/c1-14-12-16-4-2-3-5-19(16)25(14)20-11-10-18(13-23-20)24-21(26)15-6-8-17(22)9-7-15/h2-11,13-14H,12H2,1H3,(H,24,26). The minimum Gasteiger partial charge on any atom is -0.323 e. The highest BCUT2D eigenvalue weighted by Gasteiger charge is 2.27. The first kappa shape index (κ1) is 16.3. The Bertz CT molecular complexity index is 938. The first-order valence-corrected chi connectivity index (χ1v) is 8.52. The van der Waals surface area contributed by atoms with E-state index in [4.69, 9.17) is 0 Å². The Labute approximate surface area is 151 Å². The van der Waals surface area contributed by atoms with Gasteiger partial charge in [0.2, 0.25) is 0 Å². The second kappa shape index (κ2) is 6.59. The van der Waals surface area contributed by atoms with Gasteiger partial charge in [0.05, 0.1) is 11.9 Å². The first-order chi connectivity index (χ1) is 12.6. The molecule has 1 aromatic heterocycles. The van der Waals surface area contributed by atoms with Crippen LogP contribution in [0, 0.1) is 5.82 Å². The van der Waals surface area contributed by atoms with Crippen molar-refractivity contribution in [2.75, 3.05) is 10.2 Å². The summed E-state index contributed by atoms with van der Waals surface area (Å²) < 4.78 is 13.0. The summed E-state index contributed by atoms with van der Waals surface area (Å²) in [6, 6.07) is 17.8. The quantitative estimate of drug-likeness (QED) is 0.756. The van der Waals surface area contributed by atoms with Crippen molar-refractivity contribution < 1.29 is 9.18 Å². The van der Waals surface area contributed by atoms with Crippen LogP contribution in [0.15, 0.2) is 66.9 Å². The number of benzene rings is 2. The maximum Gasteiger partial charge on any atom is 0.255 e. The molecule has 130 valence electrons. The van der Waals surface area contributed by atoms with Crippen LogP contribution in [-0.4, -0.2) is 16.9 Å². The number of para-hydroxylation sites is 1. The summed E-state index contributed by atoms with van der Waals surface area (Å²) in [5.74, 6) is 0.189. The lowest BCUT2D eigenvalue weighted by Crippen LogP contribution is -2.24. The number of nitrogens with zero attached hydrogens (tertiary/aromatic N) is 2. The Morgan fingerprint density at radius 2 is 1.88 bits per heavy atom. The number of rotatable bonds is 3. The van der Waals surface area contributed by atoms with E-state index in [1.54, 1.807) is 6.20 Å². The Balaban J connectivity index is 1.52. The molecule has 2 aromatic carbocycles. The van der Waals surface area contributed by atoms with Gasteiger partial charge in [0.25, 0.3) is 5.91 Å². The van der Waals surface area contributed by atoms with Crippen molar-refractivity contribution in [1.82, 2.24) is 4.98 Å². The minimum absolute atomic E-state index is 0.292. The van der Waals surface area contributed by atoms with Crippen LogP contribution in [0.4, 0.5) is 21.6 Å². The van der Waals surface area contributed by atoms with Crippen LogP contribution in [0.25, 0.3) is 0 Å². The lowest BCUT2D eigenvalue weighted by Gasteiger charge is -2.24. The average molecular weight is 347 g/mol. The maximum absolute atomic E-state index is 13.0. The highest BCUT2D eigenvalue weighted by Crippen LogP contribution is 2.37. The Morgan fingerprint density at radius 3 is 2.62 bits per heavy atom. The molecular formula is C21H18FN3O. The van der Waals surface area contributed by atoms with Gasteiger partial charge in [0.15, 0.2) is 0 Å². The van der Waals surface area contributed by atoms with Crippen molar-refractivity contribution in [3.8, 4) is 0 Å². The molecule has 0 fully saturated rings. The molecule has 1 unspecified atom stereocenters. The molecule has 0 spiro atoms. The van der Waals surface area contributed by atoms with Gasteiger partial charge in [0.1, 0.15) is 11.6 Å². The molecule has 3 aromatic rings. The topological polar surface area (TPSA) is 45.2 Å². The fourth-order valence-corrected chi connectivity index (χ4v) is 3.32. The third kappa shape index (κ3) is 3.04. The van der Waals surface area contributed by atoms with Crippen molar-refractivity contribution in [3.63, 3.8) is 0 Å². The number of carbonyl (C=O) groups is 1. The molecule has 26 heavy (non-hydrogen) atoms. The van der Waals surface area contributed by atoms with Crippen LogP contribution in [0.1, 0.15) is 22.8 Å². The van der Waals surface area contributed by atoms with Gasteiger partial charge < -0.3 is 10.2 Å². The monoisotopic (exact) mass is 347 g/mol. The number of halogens is 1. The molecule has 0 aliphatic carbocycles.